The van der Waals surface area contributed by atoms with Gasteiger partial charge in [0.05, 0.1) is 17.3 Å². The zero-order valence-electron chi connectivity index (χ0n) is 10.3. The fourth-order valence-electron chi connectivity index (χ4n) is 1.67. The number of carbonyl (C=O) groups excluding carboxylic acids is 1. The van der Waals surface area contributed by atoms with Gasteiger partial charge in [-0.25, -0.2) is 0 Å². The van der Waals surface area contributed by atoms with Gasteiger partial charge in [0.1, 0.15) is 5.75 Å². The Bertz CT molecular complexity index is 672. The van der Waals surface area contributed by atoms with Gasteiger partial charge in [-0.1, -0.05) is 12.1 Å². The summed E-state index contributed by atoms with van der Waals surface area (Å²) in [5.41, 5.74) is 2.04. The molecule has 0 unspecified atom stereocenters. The first-order valence-electron chi connectivity index (χ1n) is 5.71. The molecular formula is C15H12N2O2. The standard InChI is InChI=1S/C15H12N2O2/c1-10-5-6-13(14(18)7-10)17-15(19)12-4-2-3-11(8-12)9-16/h2-8,18H,1H3,(H,17,19). The van der Waals surface area contributed by atoms with Gasteiger partial charge in [-0.2, -0.15) is 5.26 Å². The minimum atomic E-state index is -0.365. The van der Waals surface area contributed by atoms with E-state index in [4.69, 9.17) is 5.26 Å². The van der Waals surface area contributed by atoms with E-state index in [0.717, 1.165) is 5.56 Å². The average molecular weight is 252 g/mol. The van der Waals surface area contributed by atoms with Crippen molar-refractivity contribution in [2.24, 2.45) is 0 Å². The highest BCUT2D eigenvalue weighted by molar-refractivity contribution is 6.05. The molecule has 2 N–H and O–H groups in total. The lowest BCUT2D eigenvalue weighted by Gasteiger charge is -2.08. The first-order valence-corrected chi connectivity index (χ1v) is 5.71. The molecule has 2 rings (SSSR count). The number of carbonyl (C=O) groups is 1. The maximum absolute atomic E-state index is 12.0. The maximum Gasteiger partial charge on any atom is 0.255 e. The highest BCUT2D eigenvalue weighted by Crippen LogP contribution is 2.24. The molecule has 2 aromatic rings. The number of benzene rings is 2. The minimum Gasteiger partial charge on any atom is -0.506 e. The van der Waals surface area contributed by atoms with E-state index in [9.17, 15) is 9.90 Å². The van der Waals surface area contributed by atoms with E-state index in [2.05, 4.69) is 5.32 Å². The molecule has 0 spiro atoms. The normalized spacial score (nSPS) is 9.68. The topological polar surface area (TPSA) is 73.1 Å². The molecule has 0 radical (unpaired) electrons. The van der Waals surface area contributed by atoms with E-state index in [1.165, 1.54) is 6.07 Å². The summed E-state index contributed by atoms with van der Waals surface area (Å²) in [5, 5.41) is 21.1. The summed E-state index contributed by atoms with van der Waals surface area (Å²) in [6.07, 6.45) is 0. The van der Waals surface area contributed by atoms with E-state index in [1.54, 1.807) is 36.4 Å². The number of hydrogen-bond acceptors (Lipinski definition) is 3. The van der Waals surface area contributed by atoms with Crippen LogP contribution in [-0.4, -0.2) is 11.0 Å². The van der Waals surface area contributed by atoms with Crippen LogP contribution in [0.1, 0.15) is 21.5 Å². The number of anilines is 1. The Kier molecular flexibility index (Phi) is 3.48. The monoisotopic (exact) mass is 252 g/mol. The van der Waals surface area contributed by atoms with Crippen molar-refractivity contribution in [3.8, 4) is 11.8 Å². The van der Waals surface area contributed by atoms with Crippen LogP contribution in [0.15, 0.2) is 42.5 Å². The van der Waals surface area contributed by atoms with Gasteiger partial charge in [-0.05, 0) is 42.8 Å². The van der Waals surface area contributed by atoms with Crippen molar-refractivity contribution in [2.75, 3.05) is 5.32 Å². The van der Waals surface area contributed by atoms with Crippen LogP contribution in [0.3, 0.4) is 0 Å². The van der Waals surface area contributed by atoms with E-state index in [1.807, 2.05) is 13.0 Å². The number of phenols is 1. The zero-order valence-corrected chi connectivity index (χ0v) is 10.3. The molecule has 0 aliphatic carbocycles. The molecule has 0 aliphatic rings. The van der Waals surface area contributed by atoms with Crippen LogP contribution in [0.2, 0.25) is 0 Å². The third-order valence-electron chi connectivity index (χ3n) is 2.66. The Hall–Kier alpha value is -2.80. The molecule has 0 fully saturated rings. The second kappa shape index (κ2) is 5.23. The van der Waals surface area contributed by atoms with Crippen LogP contribution in [-0.2, 0) is 0 Å². The number of hydrogen-bond donors (Lipinski definition) is 2. The highest BCUT2D eigenvalue weighted by atomic mass is 16.3. The Labute approximate surface area is 110 Å². The summed E-state index contributed by atoms with van der Waals surface area (Å²) in [6, 6.07) is 13.4. The van der Waals surface area contributed by atoms with E-state index in [-0.39, 0.29) is 11.7 Å². The van der Waals surface area contributed by atoms with Gasteiger partial charge >= 0.3 is 0 Å². The third kappa shape index (κ3) is 2.90. The molecule has 0 aromatic heterocycles. The third-order valence-corrected chi connectivity index (χ3v) is 2.66. The number of aromatic hydroxyl groups is 1. The Morgan fingerprint density at radius 1 is 1.26 bits per heavy atom. The Morgan fingerprint density at radius 2 is 2.05 bits per heavy atom. The van der Waals surface area contributed by atoms with Crippen LogP contribution in [0.4, 0.5) is 5.69 Å². The van der Waals surface area contributed by atoms with Crippen LogP contribution in [0.5, 0.6) is 5.75 Å². The quantitative estimate of drug-likeness (QED) is 0.807. The van der Waals surface area contributed by atoms with Gasteiger partial charge < -0.3 is 10.4 Å². The van der Waals surface area contributed by atoms with E-state index < -0.39 is 0 Å². The molecule has 94 valence electrons. The molecular weight excluding hydrogens is 240 g/mol. The van der Waals surface area contributed by atoms with Gasteiger partial charge in [0.25, 0.3) is 5.91 Å². The molecule has 4 nitrogen and oxygen atoms in total. The summed E-state index contributed by atoms with van der Waals surface area (Å²) in [5.74, 6) is -0.346. The largest absolute Gasteiger partial charge is 0.506 e. The molecule has 0 atom stereocenters. The van der Waals surface area contributed by atoms with Crippen molar-refractivity contribution in [3.63, 3.8) is 0 Å². The van der Waals surface area contributed by atoms with Crippen LogP contribution in [0.25, 0.3) is 0 Å². The van der Waals surface area contributed by atoms with Crippen molar-refractivity contribution in [1.29, 1.82) is 5.26 Å². The van der Waals surface area contributed by atoms with Crippen LogP contribution >= 0.6 is 0 Å². The lowest BCUT2D eigenvalue weighted by Crippen LogP contribution is -2.12. The van der Waals surface area contributed by atoms with E-state index >= 15 is 0 Å². The first-order chi connectivity index (χ1) is 9.10. The summed E-state index contributed by atoms with van der Waals surface area (Å²) >= 11 is 0. The van der Waals surface area contributed by atoms with Crippen molar-refractivity contribution < 1.29 is 9.90 Å². The molecule has 4 heteroatoms. The van der Waals surface area contributed by atoms with Gasteiger partial charge in [0, 0.05) is 5.56 Å². The summed E-state index contributed by atoms with van der Waals surface area (Å²) in [4.78, 5) is 12.0. The lowest BCUT2D eigenvalue weighted by molar-refractivity contribution is 0.102. The summed E-state index contributed by atoms with van der Waals surface area (Å²) in [7, 11) is 0. The van der Waals surface area contributed by atoms with Gasteiger partial charge in [0.2, 0.25) is 0 Å². The molecule has 2 aromatic carbocycles. The van der Waals surface area contributed by atoms with Gasteiger partial charge in [0.15, 0.2) is 0 Å². The minimum absolute atomic E-state index is 0.0183. The van der Waals surface area contributed by atoms with Crippen molar-refractivity contribution in [2.45, 2.75) is 6.92 Å². The molecule has 19 heavy (non-hydrogen) atoms. The molecule has 0 saturated heterocycles. The lowest BCUT2D eigenvalue weighted by atomic mass is 10.1. The zero-order chi connectivity index (χ0) is 13.8. The number of nitrogens with zero attached hydrogens (tertiary/aromatic N) is 1. The number of aryl methyl sites for hydroxylation is 1. The number of phenolic OH excluding ortho intramolecular Hbond substituents is 1. The second-order valence-electron chi connectivity index (χ2n) is 4.17. The fraction of sp³-hybridized carbons (Fsp3) is 0.0667. The fourth-order valence-corrected chi connectivity index (χ4v) is 1.67. The van der Waals surface area contributed by atoms with Crippen molar-refractivity contribution >= 4 is 11.6 Å². The number of nitrogens with one attached hydrogen (secondary N) is 1. The maximum atomic E-state index is 12.0. The van der Waals surface area contributed by atoms with Crippen LogP contribution < -0.4 is 5.32 Å². The summed E-state index contributed by atoms with van der Waals surface area (Å²) < 4.78 is 0. The highest BCUT2D eigenvalue weighted by Gasteiger charge is 2.09. The van der Waals surface area contributed by atoms with E-state index in [0.29, 0.717) is 16.8 Å². The van der Waals surface area contributed by atoms with Crippen LogP contribution in [0, 0.1) is 18.3 Å². The predicted octanol–water partition coefficient (Wildman–Crippen LogP) is 2.82. The van der Waals surface area contributed by atoms with Crippen molar-refractivity contribution in [1.82, 2.24) is 0 Å². The molecule has 0 saturated carbocycles. The number of rotatable bonds is 2. The molecule has 0 bridgehead atoms. The van der Waals surface area contributed by atoms with Crippen molar-refractivity contribution in [3.05, 3.63) is 59.2 Å². The SMILES string of the molecule is Cc1ccc(NC(=O)c2cccc(C#N)c2)c(O)c1. The summed E-state index contributed by atoms with van der Waals surface area (Å²) in [6.45, 7) is 1.85. The Balaban J connectivity index is 2.23. The first kappa shape index (κ1) is 12.7. The average Bonchev–Trinajstić information content (AvgIpc) is 2.42. The second-order valence-corrected chi connectivity index (χ2v) is 4.17. The molecule has 0 aliphatic heterocycles. The molecule has 0 heterocycles. The van der Waals surface area contributed by atoms with Gasteiger partial charge in [-0.3, -0.25) is 4.79 Å². The Morgan fingerprint density at radius 3 is 2.74 bits per heavy atom. The number of amides is 1. The predicted molar refractivity (Wildman–Crippen MR) is 72.0 cm³/mol. The number of nitriles is 1. The molecule has 1 amide bonds. The van der Waals surface area contributed by atoms with Gasteiger partial charge in [-0.15, -0.1) is 0 Å². The smallest absolute Gasteiger partial charge is 0.255 e.